The van der Waals surface area contributed by atoms with Gasteiger partial charge in [0.15, 0.2) is 0 Å². The quantitative estimate of drug-likeness (QED) is 0.773. The number of hydrogen-bond acceptors (Lipinski definition) is 2. The average molecular weight is 218 g/mol. The van der Waals surface area contributed by atoms with Gasteiger partial charge in [0.25, 0.3) is 0 Å². The zero-order valence-corrected chi connectivity index (χ0v) is 10.3. The van der Waals surface area contributed by atoms with E-state index in [1.54, 1.807) is 0 Å². The van der Waals surface area contributed by atoms with Crippen LogP contribution in [0.2, 0.25) is 0 Å². The van der Waals surface area contributed by atoms with E-state index >= 15 is 0 Å². The summed E-state index contributed by atoms with van der Waals surface area (Å²) in [5.74, 6) is 1.66. The van der Waals surface area contributed by atoms with Gasteiger partial charge in [-0.15, -0.1) is 0 Å². The Morgan fingerprint density at radius 3 is 2.25 bits per heavy atom. The van der Waals surface area contributed by atoms with Crippen LogP contribution in [0.15, 0.2) is 24.3 Å². The van der Waals surface area contributed by atoms with Crippen molar-refractivity contribution in [3.05, 3.63) is 29.8 Å². The maximum absolute atomic E-state index is 5.69. The SMILES string of the molecule is C[C@@H]1C[C@@H](C)CN(Cc2ccc(N)cc2)C1. The van der Waals surface area contributed by atoms with Gasteiger partial charge in [0.2, 0.25) is 0 Å². The molecule has 2 heteroatoms. The average Bonchev–Trinajstić information content (AvgIpc) is 2.20. The molecule has 0 spiro atoms. The van der Waals surface area contributed by atoms with Gasteiger partial charge in [0, 0.05) is 25.3 Å². The fourth-order valence-electron chi connectivity index (χ4n) is 2.80. The van der Waals surface area contributed by atoms with Gasteiger partial charge in [-0.25, -0.2) is 0 Å². The first-order chi connectivity index (χ1) is 7.63. The van der Waals surface area contributed by atoms with Crippen LogP contribution < -0.4 is 5.73 Å². The van der Waals surface area contributed by atoms with Gasteiger partial charge >= 0.3 is 0 Å². The molecule has 1 aromatic rings. The van der Waals surface area contributed by atoms with Gasteiger partial charge in [0.05, 0.1) is 0 Å². The molecule has 0 unspecified atom stereocenters. The smallest absolute Gasteiger partial charge is 0.0314 e. The minimum Gasteiger partial charge on any atom is -0.399 e. The van der Waals surface area contributed by atoms with Crippen molar-refractivity contribution in [1.82, 2.24) is 4.90 Å². The van der Waals surface area contributed by atoms with E-state index in [2.05, 4.69) is 30.9 Å². The van der Waals surface area contributed by atoms with Gasteiger partial charge in [-0.2, -0.15) is 0 Å². The van der Waals surface area contributed by atoms with Crippen LogP contribution in [0.25, 0.3) is 0 Å². The number of likely N-dealkylation sites (tertiary alicyclic amines) is 1. The maximum atomic E-state index is 5.69. The largest absolute Gasteiger partial charge is 0.399 e. The molecule has 0 bridgehead atoms. The van der Waals surface area contributed by atoms with Crippen molar-refractivity contribution < 1.29 is 0 Å². The molecule has 1 aromatic carbocycles. The Morgan fingerprint density at radius 1 is 1.12 bits per heavy atom. The van der Waals surface area contributed by atoms with Crippen LogP contribution in [0.5, 0.6) is 0 Å². The molecule has 2 nitrogen and oxygen atoms in total. The molecule has 1 heterocycles. The third kappa shape index (κ3) is 2.99. The van der Waals surface area contributed by atoms with Gasteiger partial charge in [-0.1, -0.05) is 26.0 Å². The van der Waals surface area contributed by atoms with E-state index in [9.17, 15) is 0 Å². The molecular formula is C14H22N2. The highest BCUT2D eigenvalue weighted by atomic mass is 15.1. The van der Waals surface area contributed by atoms with E-state index in [1.807, 2.05) is 12.1 Å². The second-order valence-electron chi connectivity index (χ2n) is 5.38. The summed E-state index contributed by atoms with van der Waals surface area (Å²) in [5, 5.41) is 0. The third-order valence-corrected chi connectivity index (χ3v) is 3.33. The molecule has 88 valence electrons. The Hall–Kier alpha value is -1.02. The minimum atomic E-state index is 0.831. The van der Waals surface area contributed by atoms with Crippen LogP contribution >= 0.6 is 0 Å². The molecule has 1 fully saturated rings. The van der Waals surface area contributed by atoms with Crippen molar-refractivity contribution in [1.29, 1.82) is 0 Å². The van der Waals surface area contributed by atoms with E-state index in [1.165, 1.54) is 25.1 Å². The Labute approximate surface area is 98.4 Å². The van der Waals surface area contributed by atoms with Crippen molar-refractivity contribution in [3.8, 4) is 0 Å². The van der Waals surface area contributed by atoms with Crippen molar-refractivity contribution in [2.75, 3.05) is 18.8 Å². The zero-order valence-electron chi connectivity index (χ0n) is 10.3. The monoisotopic (exact) mass is 218 g/mol. The Balaban J connectivity index is 1.96. The molecule has 0 aliphatic carbocycles. The number of nitrogens with zero attached hydrogens (tertiary/aromatic N) is 1. The Bertz CT molecular complexity index is 321. The fraction of sp³-hybridized carbons (Fsp3) is 0.571. The van der Waals surface area contributed by atoms with Crippen LogP contribution in [-0.2, 0) is 6.54 Å². The standard InChI is InChI=1S/C14H22N2/c1-11-7-12(2)9-16(8-11)10-13-3-5-14(15)6-4-13/h3-6,11-12H,7-10,15H2,1-2H3/t11-,12-/m1/s1. The molecular weight excluding hydrogens is 196 g/mol. The molecule has 1 aliphatic heterocycles. The summed E-state index contributed by atoms with van der Waals surface area (Å²) in [7, 11) is 0. The molecule has 16 heavy (non-hydrogen) atoms. The maximum Gasteiger partial charge on any atom is 0.0314 e. The first-order valence-corrected chi connectivity index (χ1v) is 6.20. The number of nitrogens with two attached hydrogens (primary N) is 1. The highest BCUT2D eigenvalue weighted by Crippen LogP contribution is 2.22. The molecule has 0 radical (unpaired) electrons. The molecule has 0 aromatic heterocycles. The van der Waals surface area contributed by atoms with Gasteiger partial charge in [-0.05, 0) is 36.0 Å². The molecule has 0 saturated carbocycles. The molecule has 1 saturated heterocycles. The van der Waals surface area contributed by atoms with E-state index in [-0.39, 0.29) is 0 Å². The van der Waals surface area contributed by atoms with Crippen LogP contribution in [0, 0.1) is 11.8 Å². The first-order valence-electron chi connectivity index (χ1n) is 6.20. The number of benzene rings is 1. The molecule has 2 N–H and O–H groups in total. The first kappa shape index (κ1) is 11.5. The lowest BCUT2D eigenvalue weighted by molar-refractivity contribution is 0.134. The highest BCUT2D eigenvalue weighted by Gasteiger charge is 2.21. The van der Waals surface area contributed by atoms with Crippen molar-refractivity contribution in [2.24, 2.45) is 11.8 Å². The summed E-state index contributed by atoms with van der Waals surface area (Å²) in [5.41, 5.74) is 7.91. The van der Waals surface area contributed by atoms with Crippen LogP contribution in [-0.4, -0.2) is 18.0 Å². The number of rotatable bonds is 2. The normalized spacial score (nSPS) is 26.9. The summed E-state index contributed by atoms with van der Waals surface area (Å²) >= 11 is 0. The number of nitrogen functional groups attached to an aromatic ring is 1. The Morgan fingerprint density at radius 2 is 1.69 bits per heavy atom. The summed E-state index contributed by atoms with van der Waals surface area (Å²) in [6.45, 7) is 8.23. The van der Waals surface area contributed by atoms with E-state index in [0.717, 1.165) is 24.1 Å². The number of piperidine rings is 1. The van der Waals surface area contributed by atoms with Crippen LogP contribution in [0.4, 0.5) is 5.69 Å². The van der Waals surface area contributed by atoms with Crippen LogP contribution in [0.1, 0.15) is 25.8 Å². The third-order valence-electron chi connectivity index (χ3n) is 3.33. The predicted molar refractivity (Wildman–Crippen MR) is 69.1 cm³/mol. The molecule has 0 amide bonds. The summed E-state index contributed by atoms with van der Waals surface area (Å²) in [6.07, 6.45) is 1.37. The van der Waals surface area contributed by atoms with Gasteiger partial charge in [0.1, 0.15) is 0 Å². The van der Waals surface area contributed by atoms with E-state index in [4.69, 9.17) is 5.73 Å². The summed E-state index contributed by atoms with van der Waals surface area (Å²) < 4.78 is 0. The molecule has 2 rings (SSSR count). The molecule has 2 atom stereocenters. The molecule has 1 aliphatic rings. The Kier molecular flexibility index (Phi) is 3.49. The van der Waals surface area contributed by atoms with Crippen molar-refractivity contribution in [2.45, 2.75) is 26.8 Å². The second kappa shape index (κ2) is 4.88. The number of anilines is 1. The lowest BCUT2D eigenvalue weighted by Crippen LogP contribution is -2.38. The summed E-state index contributed by atoms with van der Waals surface area (Å²) in [4.78, 5) is 2.56. The van der Waals surface area contributed by atoms with Crippen molar-refractivity contribution >= 4 is 5.69 Å². The van der Waals surface area contributed by atoms with E-state index < -0.39 is 0 Å². The van der Waals surface area contributed by atoms with Crippen molar-refractivity contribution in [3.63, 3.8) is 0 Å². The summed E-state index contributed by atoms with van der Waals surface area (Å²) in [6, 6.07) is 8.26. The van der Waals surface area contributed by atoms with Gasteiger partial charge in [-0.3, -0.25) is 4.90 Å². The van der Waals surface area contributed by atoms with Gasteiger partial charge < -0.3 is 5.73 Å². The fourth-order valence-corrected chi connectivity index (χ4v) is 2.80. The van der Waals surface area contributed by atoms with E-state index in [0.29, 0.717) is 0 Å². The van der Waals surface area contributed by atoms with Crippen LogP contribution in [0.3, 0.4) is 0 Å². The highest BCUT2D eigenvalue weighted by molar-refractivity contribution is 5.39. The lowest BCUT2D eigenvalue weighted by atomic mass is 9.91. The predicted octanol–water partition coefficient (Wildman–Crippen LogP) is 2.75. The zero-order chi connectivity index (χ0) is 11.5. The number of hydrogen-bond donors (Lipinski definition) is 1. The lowest BCUT2D eigenvalue weighted by Gasteiger charge is -2.35. The second-order valence-corrected chi connectivity index (χ2v) is 5.38. The minimum absolute atomic E-state index is 0.831. The topological polar surface area (TPSA) is 29.3 Å².